The summed E-state index contributed by atoms with van der Waals surface area (Å²) in [5.41, 5.74) is 12.3. The van der Waals surface area contributed by atoms with Crippen LogP contribution >= 0.6 is 0 Å². The lowest BCUT2D eigenvalue weighted by Crippen LogP contribution is -2.79. The van der Waals surface area contributed by atoms with Crippen LogP contribution in [-0.4, -0.2) is 8.07 Å². The summed E-state index contributed by atoms with van der Waals surface area (Å²) in [6, 6.07) is 101. The minimum atomic E-state index is -3.05. The third-order valence-corrected chi connectivity index (χ3v) is 19.3. The fraction of sp³-hybridized carbons (Fsp3) is 0.0154. The van der Waals surface area contributed by atoms with Gasteiger partial charge in [-0.3, -0.25) is 0 Å². The van der Waals surface area contributed by atoms with Gasteiger partial charge in [0, 0.05) is 27.9 Å². The zero-order chi connectivity index (χ0) is 45.1. The van der Waals surface area contributed by atoms with E-state index >= 15 is 0 Å². The van der Waals surface area contributed by atoms with Crippen LogP contribution in [0.1, 0.15) is 22.3 Å². The summed E-state index contributed by atoms with van der Waals surface area (Å²) >= 11 is 0. The third-order valence-electron chi connectivity index (χ3n) is 14.5. The number of hydrogen-bond acceptors (Lipinski definition) is 2. The van der Waals surface area contributed by atoms with Gasteiger partial charge < -0.3 is 9.64 Å². The highest BCUT2D eigenvalue weighted by atomic mass is 28.3. The van der Waals surface area contributed by atoms with Crippen LogP contribution in [0.2, 0.25) is 0 Å². The summed E-state index contributed by atoms with van der Waals surface area (Å²) in [6.07, 6.45) is 0. The average Bonchev–Trinajstić information content (AvgIpc) is 3.42. The molecule has 0 unspecified atom stereocenters. The highest BCUT2D eigenvalue weighted by Gasteiger charge is 2.57. The van der Waals surface area contributed by atoms with Crippen molar-refractivity contribution in [2.24, 2.45) is 0 Å². The highest BCUT2D eigenvalue weighted by Crippen LogP contribution is 2.56. The number of hydrogen-bond donors (Lipinski definition) is 0. The van der Waals surface area contributed by atoms with Crippen LogP contribution in [0.15, 0.2) is 273 Å². The molecule has 320 valence electrons. The molecular weight excluding hydrogens is 839 g/mol. The van der Waals surface area contributed by atoms with Gasteiger partial charge in [0.25, 0.3) is 0 Å². The molecule has 0 radical (unpaired) electrons. The molecular formula is C65H45NOSi. The fourth-order valence-corrected chi connectivity index (χ4v) is 16.9. The van der Waals surface area contributed by atoms with E-state index in [2.05, 4.69) is 278 Å². The average molecular weight is 884 g/mol. The van der Waals surface area contributed by atoms with Crippen molar-refractivity contribution in [3.05, 3.63) is 295 Å². The Morgan fingerprint density at radius 2 is 0.824 bits per heavy atom. The molecule has 3 heteroatoms. The number of para-hydroxylation sites is 2. The molecule has 2 aliphatic rings. The van der Waals surface area contributed by atoms with E-state index in [0.717, 1.165) is 45.3 Å². The van der Waals surface area contributed by atoms with Crippen LogP contribution < -0.4 is 30.4 Å². The van der Waals surface area contributed by atoms with E-state index in [-0.39, 0.29) is 0 Å². The summed E-state index contributed by atoms with van der Waals surface area (Å²) in [5, 5.41) is 7.89. The zero-order valence-electron chi connectivity index (χ0n) is 37.3. The highest BCUT2D eigenvalue weighted by molar-refractivity contribution is 7.20. The lowest BCUT2D eigenvalue weighted by Gasteiger charge is -2.51. The predicted molar refractivity (Wildman–Crippen MR) is 285 cm³/mol. The summed E-state index contributed by atoms with van der Waals surface area (Å²) in [6.45, 7) is 0. The van der Waals surface area contributed by atoms with Crippen molar-refractivity contribution in [3.63, 3.8) is 0 Å². The summed E-state index contributed by atoms with van der Waals surface area (Å²) in [4.78, 5) is 2.42. The van der Waals surface area contributed by atoms with Gasteiger partial charge in [0.15, 0.2) is 8.07 Å². The first-order valence-electron chi connectivity index (χ1n) is 23.5. The zero-order valence-corrected chi connectivity index (χ0v) is 38.3. The lowest BCUT2D eigenvalue weighted by atomic mass is 9.63. The van der Waals surface area contributed by atoms with Gasteiger partial charge in [-0.1, -0.05) is 231 Å². The molecule has 0 saturated heterocycles. The first-order chi connectivity index (χ1) is 33.7. The van der Waals surface area contributed by atoms with Crippen molar-refractivity contribution in [2.45, 2.75) is 5.41 Å². The molecule has 0 N–H and O–H groups in total. The van der Waals surface area contributed by atoms with Gasteiger partial charge in [-0.2, -0.15) is 0 Å². The standard InChI is InChI=1S/C65H45NOSi/c1-4-20-46(21-5-1)47-38-41-51(42-39-47)66(60-34-19-23-48-22-10-11-30-55(48)60)52-25-18-24-49(44-52)50-40-43-59-64(45-50)68(53-26-6-2-7-27-53,54-28-8-3-9-29-54)63-37-17-14-33-58(63)65(59)56-31-12-15-35-61(56)67-62-36-16-13-32-57(62)65/h1-45H. The van der Waals surface area contributed by atoms with E-state index < -0.39 is 13.5 Å². The number of anilines is 3. The van der Waals surface area contributed by atoms with Gasteiger partial charge in [-0.25, -0.2) is 0 Å². The van der Waals surface area contributed by atoms with Crippen molar-refractivity contribution >= 4 is 56.7 Å². The molecule has 2 heterocycles. The molecule has 2 nitrogen and oxygen atoms in total. The maximum absolute atomic E-state index is 6.82. The van der Waals surface area contributed by atoms with Gasteiger partial charge in [0.05, 0.1) is 11.1 Å². The SMILES string of the molecule is c1ccc(-c2ccc(N(c3cccc(-c4ccc5c(c4)[Si](c4ccccc4)(c4ccccc4)c4ccccc4C54c5ccccc5Oc5ccccc54)c3)c3cccc4ccccc34)cc2)cc1. The number of benzene rings is 11. The molecule has 2 aliphatic heterocycles. The molecule has 0 aromatic heterocycles. The molecule has 0 bridgehead atoms. The molecule has 1 spiro atoms. The van der Waals surface area contributed by atoms with Gasteiger partial charge in [-0.05, 0) is 102 Å². The van der Waals surface area contributed by atoms with Crippen LogP contribution in [-0.2, 0) is 5.41 Å². The van der Waals surface area contributed by atoms with E-state index in [9.17, 15) is 0 Å². The van der Waals surface area contributed by atoms with Crippen LogP contribution in [0, 0.1) is 0 Å². The molecule has 0 atom stereocenters. The Balaban J connectivity index is 1.08. The Bertz CT molecular complexity index is 3570. The first kappa shape index (κ1) is 39.8. The van der Waals surface area contributed by atoms with Crippen molar-refractivity contribution in [2.75, 3.05) is 4.90 Å². The summed E-state index contributed by atoms with van der Waals surface area (Å²) < 4.78 is 6.82. The largest absolute Gasteiger partial charge is 0.457 e. The maximum Gasteiger partial charge on any atom is 0.180 e. The number of nitrogens with zero attached hydrogens (tertiary/aromatic N) is 1. The predicted octanol–water partition coefficient (Wildman–Crippen LogP) is 13.8. The quantitative estimate of drug-likeness (QED) is 0.148. The van der Waals surface area contributed by atoms with E-state index in [4.69, 9.17) is 4.74 Å². The molecule has 0 aliphatic carbocycles. The smallest absolute Gasteiger partial charge is 0.180 e. The second-order valence-corrected chi connectivity index (χ2v) is 21.7. The molecule has 68 heavy (non-hydrogen) atoms. The summed E-state index contributed by atoms with van der Waals surface area (Å²) in [7, 11) is -3.05. The maximum atomic E-state index is 6.82. The minimum Gasteiger partial charge on any atom is -0.457 e. The molecule has 11 aromatic carbocycles. The van der Waals surface area contributed by atoms with Gasteiger partial charge in [0.1, 0.15) is 11.5 Å². The third kappa shape index (κ3) is 6.03. The Hall–Kier alpha value is -8.50. The molecule has 0 amide bonds. The molecule has 11 aromatic rings. The van der Waals surface area contributed by atoms with Gasteiger partial charge in [0.2, 0.25) is 0 Å². The van der Waals surface area contributed by atoms with Crippen LogP contribution in [0.5, 0.6) is 11.5 Å². The van der Waals surface area contributed by atoms with Crippen molar-refractivity contribution in [3.8, 4) is 33.8 Å². The van der Waals surface area contributed by atoms with Crippen LogP contribution in [0.25, 0.3) is 33.0 Å². The van der Waals surface area contributed by atoms with Gasteiger partial charge >= 0.3 is 0 Å². The van der Waals surface area contributed by atoms with Crippen molar-refractivity contribution < 1.29 is 4.74 Å². The van der Waals surface area contributed by atoms with E-state index in [0.29, 0.717) is 0 Å². The van der Waals surface area contributed by atoms with Crippen molar-refractivity contribution in [1.82, 2.24) is 0 Å². The topological polar surface area (TPSA) is 12.5 Å². The Kier molecular flexibility index (Phi) is 9.45. The number of ether oxygens (including phenoxy) is 1. The van der Waals surface area contributed by atoms with E-state index in [1.54, 1.807) is 0 Å². The molecule has 0 fully saturated rings. The van der Waals surface area contributed by atoms with Gasteiger partial charge in [-0.15, -0.1) is 0 Å². The second-order valence-electron chi connectivity index (χ2n) is 17.9. The first-order valence-corrected chi connectivity index (χ1v) is 25.5. The monoisotopic (exact) mass is 883 g/mol. The number of fused-ring (bicyclic) bond motifs is 9. The number of rotatable bonds is 7. The normalized spacial score (nSPS) is 13.6. The fourth-order valence-electron chi connectivity index (χ4n) is 11.6. The van der Waals surface area contributed by atoms with E-state index in [1.807, 2.05) is 0 Å². The Labute approximate surface area is 398 Å². The minimum absolute atomic E-state index is 0.644. The Morgan fingerprint density at radius 3 is 1.53 bits per heavy atom. The van der Waals surface area contributed by atoms with Crippen LogP contribution in [0.3, 0.4) is 0 Å². The molecule has 13 rings (SSSR count). The second kappa shape index (κ2) is 16.1. The van der Waals surface area contributed by atoms with Crippen LogP contribution in [0.4, 0.5) is 17.1 Å². The lowest BCUT2D eigenvalue weighted by molar-refractivity contribution is 0.435. The van der Waals surface area contributed by atoms with E-state index in [1.165, 1.54) is 59.3 Å². The Morgan fingerprint density at radius 1 is 0.324 bits per heavy atom. The van der Waals surface area contributed by atoms with Crippen molar-refractivity contribution in [1.29, 1.82) is 0 Å². The summed E-state index contributed by atoms with van der Waals surface area (Å²) in [5.74, 6) is 1.78. The molecule has 0 saturated carbocycles.